The Morgan fingerprint density at radius 1 is 1.35 bits per heavy atom. The molecular formula is C15H29NO. The molecule has 1 saturated carbocycles. The van der Waals surface area contributed by atoms with Crippen LogP contribution in [0.1, 0.15) is 60.3 Å². The molecular weight excluding hydrogens is 210 g/mol. The van der Waals surface area contributed by atoms with Crippen molar-refractivity contribution in [2.45, 2.75) is 60.3 Å². The van der Waals surface area contributed by atoms with E-state index in [1.165, 1.54) is 12.8 Å². The van der Waals surface area contributed by atoms with Crippen molar-refractivity contribution in [3.05, 3.63) is 12.3 Å². The van der Waals surface area contributed by atoms with Crippen LogP contribution in [0.15, 0.2) is 12.3 Å². The van der Waals surface area contributed by atoms with E-state index < -0.39 is 0 Å². The summed E-state index contributed by atoms with van der Waals surface area (Å²) in [6, 6.07) is 0. The van der Waals surface area contributed by atoms with E-state index in [1.54, 1.807) is 0 Å². The molecule has 0 saturated heterocycles. The predicted octanol–water partition coefficient (Wildman–Crippen LogP) is 4.12. The molecule has 0 heterocycles. The molecule has 0 spiro atoms. The van der Waals surface area contributed by atoms with E-state index >= 15 is 0 Å². The predicted molar refractivity (Wildman–Crippen MR) is 74.6 cm³/mol. The average molecular weight is 239 g/mol. The molecule has 0 radical (unpaired) electrons. The van der Waals surface area contributed by atoms with Crippen molar-refractivity contribution in [1.29, 1.82) is 0 Å². The van der Waals surface area contributed by atoms with Gasteiger partial charge in [0.05, 0.1) is 0 Å². The second-order valence-corrected chi connectivity index (χ2v) is 4.96. The van der Waals surface area contributed by atoms with E-state index in [4.69, 9.17) is 0 Å². The van der Waals surface area contributed by atoms with Crippen molar-refractivity contribution in [2.24, 2.45) is 17.8 Å². The third-order valence-electron chi connectivity index (χ3n) is 3.45. The minimum Gasteiger partial charge on any atom is -0.330 e. The standard InChI is InChI=1S/C13H23NO.C2H6/c1-5-11-7-6-10(4)8-12(11)13(15)14-9(2)3;1-2/h10-12H,2,5-8H2,1,3-4H3,(H,14,15);1-2H3/t10-,11-,12-;/m1./s1. The van der Waals surface area contributed by atoms with E-state index in [0.717, 1.165) is 18.5 Å². The summed E-state index contributed by atoms with van der Waals surface area (Å²) < 4.78 is 0. The van der Waals surface area contributed by atoms with Crippen LogP contribution in [0.4, 0.5) is 0 Å². The zero-order valence-electron chi connectivity index (χ0n) is 12.2. The maximum absolute atomic E-state index is 12.0. The van der Waals surface area contributed by atoms with Crippen LogP contribution in [0.5, 0.6) is 0 Å². The van der Waals surface area contributed by atoms with Gasteiger partial charge in [0.2, 0.25) is 5.91 Å². The highest BCUT2D eigenvalue weighted by Crippen LogP contribution is 2.35. The number of rotatable bonds is 3. The molecule has 17 heavy (non-hydrogen) atoms. The van der Waals surface area contributed by atoms with E-state index in [1.807, 2.05) is 20.8 Å². The monoisotopic (exact) mass is 239 g/mol. The number of hydrogen-bond donors (Lipinski definition) is 1. The Bertz CT molecular complexity index is 247. The van der Waals surface area contributed by atoms with Crippen molar-refractivity contribution in [2.75, 3.05) is 0 Å². The Balaban J connectivity index is 0.00000121. The molecule has 0 aliphatic heterocycles. The maximum Gasteiger partial charge on any atom is 0.227 e. The number of allylic oxidation sites excluding steroid dienone is 1. The van der Waals surface area contributed by atoms with Gasteiger partial charge in [0.25, 0.3) is 0 Å². The van der Waals surface area contributed by atoms with Gasteiger partial charge >= 0.3 is 0 Å². The molecule has 0 aromatic rings. The number of hydrogen-bond acceptors (Lipinski definition) is 1. The molecule has 1 aliphatic carbocycles. The Morgan fingerprint density at radius 3 is 2.41 bits per heavy atom. The summed E-state index contributed by atoms with van der Waals surface area (Å²) in [5.74, 6) is 1.64. The molecule has 1 amide bonds. The van der Waals surface area contributed by atoms with Gasteiger partial charge in [-0.2, -0.15) is 0 Å². The first-order valence-electron chi connectivity index (χ1n) is 7.01. The van der Waals surface area contributed by atoms with Gasteiger partial charge in [-0.1, -0.05) is 47.1 Å². The summed E-state index contributed by atoms with van der Waals surface area (Å²) in [5.41, 5.74) is 0.757. The van der Waals surface area contributed by atoms with Gasteiger partial charge in [-0.15, -0.1) is 0 Å². The smallest absolute Gasteiger partial charge is 0.227 e. The van der Waals surface area contributed by atoms with Crippen molar-refractivity contribution >= 4 is 5.91 Å². The van der Waals surface area contributed by atoms with E-state index in [0.29, 0.717) is 11.8 Å². The third kappa shape index (κ3) is 5.38. The van der Waals surface area contributed by atoms with Gasteiger partial charge in [-0.05, 0) is 31.6 Å². The van der Waals surface area contributed by atoms with Crippen LogP contribution in [0.2, 0.25) is 0 Å². The molecule has 2 heteroatoms. The Labute approximate surface area is 107 Å². The summed E-state index contributed by atoms with van der Waals surface area (Å²) in [6.07, 6.45) is 4.62. The molecule has 0 aromatic heterocycles. The number of amides is 1. The van der Waals surface area contributed by atoms with Crippen LogP contribution >= 0.6 is 0 Å². The molecule has 0 unspecified atom stereocenters. The van der Waals surface area contributed by atoms with Crippen molar-refractivity contribution in [3.63, 3.8) is 0 Å². The number of nitrogens with one attached hydrogen (secondary N) is 1. The zero-order chi connectivity index (χ0) is 13.4. The van der Waals surface area contributed by atoms with Crippen LogP contribution in [0, 0.1) is 17.8 Å². The minimum atomic E-state index is 0.181. The van der Waals surface area contributed by atoms with Crippen molar-refractivity contribution < 1.29 is 4.79 Å². The fraction of sp³-hybridized carbons (Fsp3) is 0.800. The lowest BCUT2D eigenvalue weighted by molar-refractivity contribution is -0.127. The Morgan fingerprint density at radius 2 is 1.94 bits per heavy atom. The first kappa shape index (κ1) is 16.2. The Hall–Kier alpha value is -0.790. The lowest BCUT2D eigenvalue weighted by Crippen LogP contribution is -2.37. The summed E-state index contributed by atoms with van der Waals surface area (Å²) in [4.78, 5) is 12.0. The third-order valence-corrected chi connectivity index (χ3v) is 3.45. The minimum absolute atomic E-state index is 0.181. The van der Waals surface area contributed by atoms with Gasteiger partial charge in [-0.3, -0.25) is 4.79 Å². The number of carbonyl (C=O) groups excluding carboxylic acids is 1. The number of carbonyl (C=O) groups is 1. The Kier molecular flexibility index (Phi) is 7.94. The molecule has 1 fully saturated rings. The van der Waals surface area contributed by atoms with Gasteiger partial charge in [0, 0.05) is 11.6 Å². The highest BCUT2D eigenvalue weighted by molar-refractivity contribution is 5.80. The largest absolute Gasteiger partial charge is 0.330 e. The first-order chi connectivity index (χ1) is 8.04. The normalized spacial score (nSPS) is 27.7. The second-order valence-electron chi connectivity index (χ2n) is 4.96. The molecule has 1 rings (SSSR count). The van der Waals surface area contributed by atoms with Crippen molar-refractivity contribution in [3.8, 4) is 0 Å². The fourth-order valence-electron chi connectivity index (χ4n) is 2.56. The van der Waals surface area contributed by atoms with E-state index in [-0.39, 0.29) is 11.8 Å². The topological polar surface area (TPSA) is 29.1 Å². The second kappa shape index (κ2) is 8.32. The molecule has 1 aliphatic rings. The van der Waals surface area contributed by atoms with Crippen LogP contribution in [0.25, 0.3) is 0 Å². The molecule has 3 atom stereocenters. The van der Waals surface area contributed by atoms with Gasteiger partial charge in [0.15, 0.2) is 0 Å². The quantitative estimate of drug-likeness (QED) is 0.788. The highest BCUT2D eigenvalue weighted by atomic mass is 16.1. The first-order valence-corrected chi connectivity index (χ1v) is 7.01. The lowest BCUT2D eigenvalue weighted by Gasteiger charge is -2.33. The maximum atomic E-state index is 12.0. The SMILES string of the molecule is C=C(C)NC(=O)[C@@H]1C[C@H](C)CC[C@H]1CC.CC. The van der Waals surface area contributed by atoms with Gasteiger partial charge < -0.3 is 5.32 Å². The van der Waals surface area contributed by atoms with Crippen LogP contribution in [-0.2, 0) is 4.79 Å². The van der Waals surface area contributed by atoms with Gasteiger partial charge in [-0.25, -0.2) is 0 Å². The summed E-state index contributed by atoms with van der Waals surface area (Å²) in [7, 11) is 0. The fourth-order valence-corrected chi connectivity index (χ4v) is 2.56. The van der Waals surface area contributed by atoms with E-state index in [2.05, 4.69) is 25.7 Å². The molecule has 2 nitrogen and oxygen atoms in total. The zero-order valence-corrected chi connectivity index (χ0v) is 12.2. The molecule has 1 N–H and O–H groups in total. The van der Waals surface area contributed by atoms with E-state index in [9.17, 15) is 4.79 Å². The van der Waals surface area contributed by atoms with Gasteiger partial charge in [0.1, 0.15) is 0 Å². The molecule has 100 valence electrons. The highest BCUT2D eigenvalue weighted by Gasteiger charge is 2.32. The summed E-state index contributed by atoms with van der Waals surface area (Å²) >= 11 is 0. The summed E-state index contributed by atoms with van der Waals surface area (Å²) in [6.45, 7) is 14.0. The molecule has 0 bridgehead atoms. The van der Waals surface area contributed by atoms with Crippen LogP contribution in [0.3, 0.4) is 0 Å². The van der Waals surface area contributed by atoms with Crippen molar-refractivity contribution in [1.82, 2.24) is 5.32 Å². The summed E-state index contributed by atoms with van der Waals surface area (Å²) in [5, 5.41) is 2.86. The average Bonchev–Trinajstić information content (AvgIpc) is 2.30. The lowest BCUT2D eigenvalue weighted by atomic mass is 9.73. The van der Waals surface area contributed by atoms with Crippen LogP contribution in [-0.4, -0.2) is 5.91 Å². The molecule has 0 aromatic carbocycles. The van der Waals surface area contributed by atoms with Crippen LogP contribution < -0.4 is 5.32 Å².